The lowest BCUT2D eigenvalue weighted by molar-refractivity contribution is 0.282. The summed E-state index contributed by atoms with van der Waals surface area (Å²) < 4.78 is 4.34. The number of aliphatic hydroxyl groups is 1. The summed E-state index contributed by atoms with van der Waals surface area (Å²) in [6.45, 7) is 2.04. The summed E-state index contributed by atoms with van der Waals surface area (Å²) in [6, 6.07) is 9.94. The maximum absolute atomic E-state index is 9.22. The van der Waals surface area contributed by atoms with Crippen LogP contribution < -0.4 is 0 Å². The molecular weight excluding hydrogens is 194 g/mol. The molecule has 14 heavy (non-hydrogen) atoms. The predicted molar refractivity (Wildman–Crippen MR) is 58.2 cm³/mol. The number of rotatable bonds is 2. The number of hydrogen-bond acceptors (Lipinski definition) is 3. The normalized spacial score (nSPS) is 10.4. The van der Waals surface area contributed by atoms with Gasteiger partial charge in [0.25, 0.3) is 0 Å². The Kier molecular flexibility index (Phi) is 2.61. The van der Waals surface area contributed by atoms with Gasteiger partial charge >= 0.3 is 0 Å². The second-order valence-corrected chi connectivity index (χ2v) is 4.07. The first-order chi connectivity index (χ1) is 6.83. The van der Waals surface area contributed by atoms with Crippen molar-refractivity contribution in [3.8, 4) is 11.3 Å². The molecule has 0 radical (unpaired) electrons. The first-order valence-electron chi connectivity index (χ1n) is 4.44. The van der Waals surface area contributed by atoms with Crippen LogP contribution in [0.15, 0.2) is 30.3 Å². The third-order valence-corrected chi connectivity index (χ3v) is 2.98. The Balaban J connectivity index is 2.52. The Morgan fingerprint density at radius 3 is 2.64 bits per heavy atom. The number of aliphatic hydroxyl groups excluding tert-OH is 1. The van der Waals surface area contributed by atoms with Gasteiger partial charge < -0.3 is 5.11 Å². The summed E-state index contributed by atoms with van der Waals surface area (Å²) in [6.07, 6.45) is 0. The van der Waals surface area contributed by atoms with Crippen molar-refractivity contribution in [2.45, 2.75) is 13.5 Å². The van der Waals surface area contributed by atoms with Crippen LogP contribution in [0.4, 0.5) is 0 Å². The Morgan fingerprint density at radius 1 is 1.29 bits per heavy atom. The van der Waals surface area contributed by atoms with Crippen LogP contribution in [0.3, 0.4) is 0 Å². The highest BCUT2D eigenvalue weighted by Crippen LogP contribution is 2.27. The Morgan fingerprint density at radius 2 is 2.00 bits per heavy atom. The van der Waals surface area contributed by atoms with Gasteiger partial charge in [0, 0.05) is 16.0 Å². The van der Waals surface area contributed by atoms with Gasteiger partial charge in [-0.15, -0.1) is 0 Å². The predicted octanol–water partition coefficient (Wildman–Crippen LogP) is 2.61. The molecule has 0 atom stereocenters. The van der Waals surface area contributed by atoms with E-state index in [2.05, 4.69) is 4.37 Å². The first-order valence-corrected chi connectivity index (χ1v) is 5.21. The molecule has 3 heteroatoms. The van der Waals surface area contributed by atoms with Crippen molar-refractivity contribution in [3.63, 3.8) is 0 Å². The molecule has 0 spiro atoms. The van der Waals surface area contributed by atoms with Crippen LogP contribution in [0.2, 0.25) is 0 Å². The standard InChI is InChI=1S/C11H11NOS/c1-8-10(7-13)11(12-14-8)9-5-3-2-4-6-9/h2-6,13H,7H2,1H3. The van der Waals surface area contributed by atoms with E-state index in [1.54, 1.807) is 0 Å². The van der Waals surface area contributed by atoms with E-state index in [0.717, 1.165) is 21.7 Å². The third kappa shape index (κ3) is 1.56. The number of benzene rings is 1. The minimum atomic E-state index is 0.0621. The summed E-state index contributed by atoms with van der Waals surface area (Å²) in [4.78, 5) is 1.09. The molecular formula is C11H11NOS. The largest absolute Gasteiger partial charge is 0.392 e. The monoisotopic (exact) mass is 205 g/mol. The van der Waals surface area contributed by atoms with Gasteiger partial charge in [0.15, 0.2) is 0 Å². The molecule has 0 saturated carbocycles. The minimum Gasteiger partial charge on any atom is -0.392 e. The molecule has 1 aromatic carbocycles. The number of aromatic nitrogens is 1. The zero-order valence-electron chi connectivity index (χ0n) is 7.90. The van der Waals surface area contributed by atoms with Crippen LogP contribution in [0.1, 0.15) is 10.4 Å². The van der Waals surface area contributed by atoms with E-state index in [1.807, 2.05) is 37.3 Å². The molecule has 0 bridgehead atoms. The summed E-state index contributed by atoms with van der Waals surface area (Å²) in [5, 5.41) is 9.22. The fraction of sp³-hybridized carbons (Fsp3) is 0.182. The quantitative estimate of drug-likeness (QED) is 0.817. The number of aryl methyl sites for hydroxylation is 1. The van der Waals surface area contributed by atoms with E-state index >= 15 is 0 Å². The molecule has 1 N–H and O–H groups in total. The van der Waals surface area contributed by atoms with Crippen molar-refractivity contribution < 1.29 is 5.11 Å². The first kappa shape index (κ1) is 9.37. The van der Waals surface area contributed by atoms with Crippen LogP contribution in [0.5, 0.6) is 0 Å². The van der Waals surface area contributed by atoms with E-state index in [1.165, 1.54) is 11.5 Å². The molecule has 0 aliphatic carbocycles. The molecule has 1 aromatic heterocycles. The Bertz CT molecular complexity index is 422. The highest BCUT2D eigenvalue weighted by atomic mass is 32.1. The molecule has 2 nitrogen and oxygen atoms in total. The molecule has 0 fully saturated rings. The maximum atomic E-state index is 9.22. The summed E-state index contributed by atoms with van der Waals surface area (Å²) in [5.74, 6) is 0. The zero-order valence-corrected chi connectivity index (χ0v) is 8.71. The lowest BCUT2D eigenvalue weighted by atomic mass is 10.1. The minimum absolute atomic E-state index is 0.0621. The molecule has 0 saturated heterocycles. The third-order valence-electron chi connectivity index (χ3n) is 2.19. The van der Waals surface area contributed by atoms with Crippen LogP contribution in [0, 0.1) is 6.92 Å². The van der Waals surface area contributed by atoms with Crippen LogP contribution in [-0.4, -0.2) is 9.48 Å². The molecule has 2 rings (SSSR count). The summed E-state index contributed by atoms with van der Waals surface area (Å²) in [7, 11) is 0. The van der Waals surface area contributed by atoms with Crippen molar-refractivity contribution in [3.05, 3.63) is 40.8 Å². The van der Waals surface area contributed by atoms with E-state index < -0.39 is 0 Å². The molecule has 72 valence electrons. The SMILES string of the molecule is Cc1snc(-c2ccccc2)c1CO. The molecule has 0 aliphatic heterocycles. The molecule has 2 aromatic rings. The van der Waals surface area contributed by atoms with Crippen LogP contribution >= 0.6 is 11.5 Å². The second kappa shape index (κ2) is 3.90. The van der Waals surface area contributed by atoms with E-state index in [4.69, 9.17) is 0 Å². The summed E-state index contributed by atoms with van der Waals surface area (Å²) >= 11 is 1.44. The second-order valence-electron chi connectivity index (χ2n) is 3.09. The molecule has 0 amide bonds. The summed E-state index contributed by atoms with van der Waals surface area (Å²) in [5.41, 5.74) is 2.93. The van der Waals surface area contributed by atoms with E-state index in [0.29, 0.717) is 0 Å². The lowest BCUT2D eigenvalue weighted by Gasteiger charge is -1.99. The van der Waals surface area contributed by atoms with Crippen molar-refractivity contribution >= 4 is 11.5 Å². The van der Waals surface area contributed by atoms with E-state index in [-0.39, 0.29) is 6.61 Å². The van der Waals surface area contributed by atoms with Crippen molar-refractivity contribution in [2.75, 3.05) is 0 Å². The average Bonchev–Trinajstić information content (AvgIpc) is 2.61. The van der Waals surface area contributed by atoms with Crippen LogP contribution in [-0.2, 0) is 6.61 Å². The Labute approximate surface area is 87.0 Å². The van der Waals surface area contributed by atoms with Gasteiger partial charge in [0.05, 0.1) is 12.3 Å². The molecule has 1 heterocycles. The average molecular weight is 205 g/mol. The number of hydrogen-bond donors (Lipinski definition) is 1. The fourth-order valence-corrected chi connectivity index (χ4v) is 2.12. The van der Waals surface area contributed by atoms with E-state index in [9.17, 15) is 5.11 Å². The smallest absolute Gasteiger partial charge is 0.0898 e. The van der Waals surface area contributed by atoms with Gasteiger partial charge in [0.2, 0.25) is 0 Å². The molecule has 0 unspecified atom stereocenters. The lowest BCUT2D eigenvalue weighted by Crippen LogP contribution is -1.87. The topological polar surface area (TPSA) is 33.1 Å². The van der Waals surface area contributed by atoms with Gasteiger partial charge in [-0.1, -0.05) is 30.3 Å². The van der Waals surface area contributed by atoms with Gasteiger partial charge in [-0.25, -0.2) is 0 Å². The van der Waals surface area contributed by atoms with Crippen molar-refractivity contribution in [2.24, 2.45) is 0 Å². The highest BCUT2D eigenvalue weighted by molar-refractivity contribution is 7.06. The fourth-order valence-electron chi connectivity index (χ4n) is 1.40. The highest BCUT2D eigenvalue weighted by Gasteiger charge is 2.10. The van der Waals surface area contributed by atoms with Crippen molar-refractivity contribution in [1.29, 1.82) is 0 Å². The number of nitrogens with zero attached hydrogens (tertiary/aromatic N) is 1. The maximum Gasteiger partial charge on any atom is 0.0898 e. The van der Waals surface area contributed by atoms with Gasteiger partial charge in [-0.05, 0) is 18.5 Å². The van der Waals surface area contributed by atoms with Crippen molar-refractivity contribution in [1.82, 2.24) is 4.37 Å². The van der Waals surface area contributed by atoms with Gasteiger partial charge in [-0.3, -0.25) is 0 Å². The molecule has 0 aliphatic rings. The Hall–Kier alpha value is -1.19. The van der Waals surface area contributed by atoms with Crippen LogP contribution in [0.25, 0.3) is 11.3 Å². The van der Waals surface area contributed by atoms with Gasteiger partial charge in [0.1, 0.15) is 0 Å². The zero-order chi connectivity index (χ0) is 9.97. The van der Waals surface area contributed by atoms with Gasteiger partial charge in [-0.2, -0.15) is 4.37 Å².